The molecule has 19 heteroatoms. The summed E-state index contributed by atoms with van der Waals surface area (Å²) < 4.78 is 68.2. The van der Waals surface area contributed by atoms with Crippen molar-refractivity contribution in [1.29, 1.82) is 0 Å². The van der Waals surface area contributed by atoms with Crippen LogP contribution in [0.5, 0.6) is 0 Å². The van der Waals surface area contributed by atoms with Crippen LogP contribution in [-0.2, 0) is 65.4 Å². The Bertz CT molecular complexity index is 1750. The number of hydrogen-bond donors (Lipinski definition) is 3. The maximum atomic E-state index is 13.0. The Hall–Kier alpha value is -1.94. The van der Waals surface area contributed by atoms with Gasteiger partial charge in [-0.25, -0.2) is 9.13 Å². The van der Waals surface area contributed by atoms with Gasteiger partial charge < -0.3 is 33.8 Å². The highest BCUT2D eigenvalue weighted by atomic mass is 31.2. The second-order valence-electron chi connectivity index (χ2n) is 26.6. The van der Waals surface area contributed by atoms with E-state index in [4.69, 9.17) is 37.0 Å². The molecule has 0 rings (SSSR count). The summed E-state index contributed by atoms with van der Waals surface area (Å²) in [6.07, 6.45) is 40.4. The first-order chi connectivity index (χ1) is 42.1. The highest BCUT2D eigenvalue weighted by Gasteiger charge is 2.30. The molecule has 17 nitrogen and oxygen atoms in total. The van der Waals surface area contributed by atoms with Crippen molar-refractivity contribution in [2.75, 3.05) is 39.6 Å². The lowest BCUT2D eigenvalue weighted by molar-refractivity contribution is -0.161. The molecular formula is C69H134O17P2. The summed E-state index contributed by atoms with van der Waals surface area (Å²) >= 11 is 0. The number of esters is 4. The summed E-state index contributed by atoms with van der Waals surface area (Å²) in [5.74, 6) is 0.838. The molecule has 3 N–H and O–H groups in total. The molecule has 522 valence electrons. The highest BCUT2D eigenvalue weighted by Crippen LogP contribution is 2.45. The van der Waals surface area contributed by atoms with Crippen molar-refractivity contribution >= 4 is 39.5 Å². The van der Waals surface area contributed by atoms with Crippen LogP contribution in [0.3, 0.4) is 0 Å². The molecule has 0 aromatic carbocycles. The smallest absolute Gasteiger partial charge is 0.462 e. The molecule has 0 amide bonds. The number of unbranched alkanes of at least 4 members (excludes halogenated alkanes) is 31. The minimum absolute atomic E-state index is 0.103. The van der Waals surface area contributed by atoms with Crippen molar-refractivity contribution < 1.29 is 80.2 Å². The van der Waals surface area contributed by atoms with Crippen LogP contribution in [0.1, 0.15) is 338 Å². The molecule has 0 radical (unpaired) electrons. The average molecular weight is 1300 g/mol. The van der Waals surface area contributed by atoms with Crippen LogP contribution >= 0.6 is 15.6 Å². The van der Waals surface area contributed by atoms with E-state index in [1.807, 2.05) is 0 Å². The first-order valence-corrected chi connectivity index (χ1v) is 38.7. The molecule has 0 spiro atoms. The van der Waals surface area contributed by atoms with Gasteiger partial charge in [0.2, 0.25) is 0 Å². The number of ether oxygens (including phenoxy) is 4. The standard InChI is InChI=1S/C69H134O17P2/c1-9-62(8)48-40-32-23-16-13-14-18-25-35-43-51-68(73)85-64(55-79-66(71)49-41-33-24-17-12-10-11-15-21-29-37-45-59(2)3)57-83-87(75,76)81-53-63(70)54-82-88(77,78)84-58-65(56-80-67(72)50-42-34-28-27-31-39-47-61(6)7)86-69(74)52-44-36-26-20-19-22-30-38-46-60(4)5/h59-65,70H,9-58H2,1-8H3,(H,75,76)(H,77,78)/t62?,63-,64-,65-/m1/s1. The summed E-state index contributed by atoms with van der Waals surface area (Å²) in [6.45, 7) is 14.0. The number of aliphatic hydroxyl groups is 1. The number of carbonyl (C=O) groups excluding carboxylic acids is 4. The summed E-state index contributed by atoms with van der Waals surface area (Å²) in [6, 6.07) is 0. The summed E-state index contributed by atoms with van der Waals surface area (Å²) in [5.41, 5.74) is 0. The topological polar surface area (TPSA) is 237 Å². The predicted octanol–water partition coefficient (Wildman–Crippen LogP) is 19.3. The Kier molecular flexibility index (Phi) is 57.6. The Morgan fingerprint density at radius 1 is 0.318 bits per heavy atom. The minimum atomic E-state index is -4.95. The van der Waals surface area contributed by atoms with Crippen LogP contribution < -0.4 is 0 Å². The molecule has 0 saturated carbocycles. The second kappa shape index (κ2) is 58.8. The van der Waals surface area contributed by atoms with Gasteiger partial charge in [-0.2, -0.15) is 0 Å². The van der Waals surface area contributed by atoms with E-state index < -0.39 is 97.5 Å². The van der Waals surface area contributed by atoms with Crippen LogP contribution in [0.15, 0.2) is 0 Å². The first kappa shape index (κ1) is 86.1. The zero-order valence-corrected chi connectivity index (χ0v) is 59.1. The van der Waals surface area contributed by atoms with E-state index in [0.717, 1.165) is 114 Å². The van der Waals surface area contributed by atoms with Gasteiger partial charge in [-0.05, 0) is 49.4 Å². The van der Waals surface area contributed by atoms with Gasteiger partial charge in [0.15, 0.2) is 12.2 Å². The van der Waals surface area contributed by atoms with Crippen LogP contribution in [0.25, 0.3) is 0 Å². The van der Waals surface area contributed by atoms with Gasteiger partial charge in [0.05, 0.1) is 26.4 Å². The molecule has 0 fully saturated rings. The molecule has 3 unspecified atom stereocenters. The summed E-state index contributed by atoms with van der Waals surface area (Å²) in [4.78, 5) is 72.5. The number of carbonyl (C=O) groups is 4. The molecule has 88 heavy (non-hydrogen) atoms. The Morgan fingerprint density at radius 2 is 0.545 bits per heavy atom. The largest absolute Gasteiger partial charge is 0.472 e. The number of phosphoric ester groups is 2. The zero-order valence-electron chi connectivity index (χ0n) is 57.3. The number of rotatable bonds is 66. The monoisotopic (exact) mass is 1300 g/mol. The van der Waals surface area contributed by atoms with Crippen LogP contribution in [-0.4, -0.2) is 96.7 Å². The molecule has 0 aromatic rings. The Balaban J connectivity index is 5.26. The molecule has 0 aliphatic rings. The van der Waals surface area contributed by atoms with Crippen LogP contribution in [0.4, 0.5) is 0 Å². The number of aliphatic hydroxyl groups excluding tert-OH is 1. The van der Waals surface area contributed by atoms with Gasteiger partial charge in [-0.3, -0.25) is 37.3 Å². The van der Waals surface area contributed by atoms with E-state index in [2.05, 4.69) is 55.4 Å². The van der Waals surface area contributed by atoms with E-state index in [-0.39, 0.29) is 25.7 Å². The lowest BCUT2D eigenvalue weighted by atomic mass is 9.99. The van der Waals surface area contributed by atoms with Crippen molar-refractivity contribution in [2.24, 2.45) is 23.7 Å². The molecule has 0 saturated heterocycles. The fourth-order valence-electron chi connectivity index (χ4n) is 10.3. The second-order valence-corrected chi connectivity index (χ2v) is 29.5. The molecule has 0 bridgehead atoms. The van der Waals surface area contributed by atoms with Crippen molar-refractivity contribution in [2.45, 2.75) is 356 Å². The van der Waals surface area contributed by atoms with Gasteiger partial charge in [0.25, 0.3) is 0 Å². The molecular weight excluding hydrogens is 1160 g/mol. The molecule has 0 aromatic heterocycles. The average Bonchev–Trinajstić information content (AvgIpc) is 3.69. The molecule has 0 aliphatic heterocycles. The van der Waals surface area contributed by atoms with Crippen molar-refractivity contribution in [3.8, 4) is 0 Å². The Labute approximate surface area is 537 Å². The normalized spacial score (nSPS) is 14.6. The van der Waals surface area contributed by atoms with E-state index in [1.54, 1.807) is 0 Å². The third kappa shape index (κ3) is 61.6. The lowest BCUT2D eigenvalue weighted by Gasteiger charge is -2.21. The number of hydrogen-bond acceptors (Lipinski definition) is 15. The lowest BCUT2D eigenvalue weighted by Crippen LogP contribution is -2.30. The summed E-state index contributed by atoms with van der Waals surface area (Å²) in [7, 11) is -9.90. The van der Waals surface area contributed by atoms with E-state index >= 15 is 0 Å². The number of phosphoric acid groups is 2. The van der Waals surface area contributed by atoms with Gasteiger partial charge in [-0.1, -0.05) is 287 Å². The fraction of sp³-hybridized carbons (Fsp3) is 0.942. The van der Waals surface area contributed by atoms with Gasteiger partial charge in [-0.15, -0.1) is 0 Å². The molecule has 6 atom stereocenters. The fourth-order valence-corrected chi connectivity index (χ4v) is 11.9. The maximum absolute atomic E-state index is 13.0. The van der Waals surface area contributed by atoms with Crippen molar-refractivity contribution in [3.05, 3.63) is 0 Å². The summed E-state index contributed by atoms with van der Waals surface area (Å²) in [5, 5.41) is 10.6. The van der Waals surface area contributed by atoms with E-state index in [9.17, 15) is 43.2 Å². The third-order valence-corrected chi connectivity index (χ3v) is 18.1. The van der Waals surface area contributed by atoms with Gasteiger partial charge in [0.1, 0.15) is 19.3 Å². The Morgan fingerprint density at radius 3 is 0.807 bits per heavy atom. The minimum Gasteiger partial charge on any atom is -0.462 e. The molecule has 0 heterocycles. The van der Waals surface area contributed by atoms with E-state index in [0.29, 0.717) is 31.6 Å². The molecule has 0 aliphatic carbocycles. The SMILES string of the molecule is CCC(C)CCCCCCCCCCCCC(=O)O[C@H](COC(=O)CCCCCCCCCCCCCC(C)C)COP(=O)(O)OC[C@@H](O)COP(=O)(O)OC[C@@H](COC(=O)CCCCCCCCC(C)C)OC(=O)CCCCCCCCCCC(C)C. The van der Waals surface area contributed by atoms with Crippen LogP contribution in [0.2, 0.25) is 0 Å². The highest BCUT2D eigenvalue weighted by molar-refractivity contribution is 7.47. The van der Waals surface area contributed by atoms with Gasteiger partial charge in [0, 0.05) is 25.7 Å². The maximum Gasteiger partial charge on any atom is 0.472 e. The van der Waals surface area contributed by atoms with E-state index in [1.165, 1.54) is 135 Å². The van der Waals surface area contributed by atoms with Crippen molar-refractivity contribution in [3.63, 3.8) is 0 Å². The zero-order chi connectivity index (χ0) is 65.4. The van der Waals surface area contributed by atoms with Gasteiger partial charge >= 0.3 is 39.5 Å². The predicted molar refractivity (Wildman–Crippen MR) is 354 cm³/mol. The third-order valence-electron chi connectivity index (χ3n) is 16.2. The van der Waals surface area contributed by atoms with Crippen LogP contribution in [0, 0.1) is 23.7 Å². The quantitative estimate of drug-likeness (QED) is 0.0222. The van der Waals surface area contributed by atoms with Crippen molar-refractivity contribution in [1.82, 2.24) is 0 Å². The first-order valence-electron chi connectivity index (χ1n) is 35.7.